The Morgan fingerprint density at radius 1 is 1.09 bits per heavy atom. The summed E-state index contributed by atoms with van der Waals surface area (Å²) in [5.41, 5.74) is 2.01. The Hall–Kier alpha value is -3.90. The van der Waals surface area contributed by atoms with Gasteiger partial charge in [0, 0.05) is 22.3 Å². The van der Waals surface area contributed by atoms with Crippen molar-refractivity contribution in [3.63, 3.8) is 0 Å². The van der Waals surface area contributed by atoms with E-state index >= 15 is 0 Å². The maximum absolute atomic E-state index is 13.5. The number of Topliss-reactive ketones (excluding diaryl/α,β-unsaturated/α-hetero) is 1. The molecule has 6 nitrogen and oxygen atoms in total. The van der Waals surface area contributed by atoms with Crippen LogP contribution in [0.5, 0.6) is 0 Å². The molecule has 1 aliphatic heterocycles. The molecule has 2 aromatic carbocycles. The number of nitrogens with zero attached hydrogens (tertiary/aromatic N) is 2. The number of anilines is 1. The number of halogens is 1. The van der Waals surface area contributed by atoms with E-state index in [1.807, 2.05) is 12.1 Å². The predicted molar refractivity (Wildman–Crippen MR) is 121 cm³/mol. The Balaban J connectivity index is 1.69. The standard InChI is InChI=1S/C25H17ClN2O4/c1-14-16(26)8-6-10-18(14)28-22(17-9-4-5-12-27-17)21(24(30)25(28)31)23(29)20-13-15-7-2-3-11-19(15)32-20/h2-13,22,30H,1H3. The van der Waals surface area contributed by atoms with Crippen LogP contribution in [0.15, 0.2) is 88.7 Å². The van der Waals surface area contributed by atoms with Gasteiger partial charge in [0.2, 0.25) is 5.78 Å². The second-order valence-corrected chi connectivity index (χ2v) is 7.86. The van der Waals surface area contributed by atoms with E-state index in [1.165, 1.54) is 4.90 Å². The van der Waals surface area contributed by atoms with Crippen molar-refractivity contribution in [1.82, 2.24) is 4.98 Å². The van der Waals surface area contributed by atoms with E-state index in [4.69, 9.17) is 16.0 Å². The predicted octanol–water partition coefficient (Wildman–Crippen LogP) is 5.57. The summed E-state index contributed by atoms with van der Waals surface area (Å²) in [6.07, 6.45) is 1.57. The molecule has 7 heteroatoms. The molecular weight excluding hydrogens is 428 g/mol. The zero-order valence-electron chi connectivity index (χ0n) is 16.9. The minimum atomic E-state index is -0.943. The Kier molecular flexibility index (Phi) is 4.79. The molecule has 0 fully saturated rings. The fourth-order valence-electron chi connectivity index (χ4n) is 3.99. The van der Waals surface area contributed by atoms with Crippen LogP contribution < -0.4 is 4.90 Å². The molecule has 1 amide bonds. The fraction of sp³-hybridized carbons (Fsp3) is 0.0800. The molecule has 0 saturated carbocycles. The summed E-state index contributed by atoms with van der Waals surface area (Å²) in [6.45, 7) is 1.77. The molecule has 1 atom stereocenters. The summed E-state index contributed by atoms with van der Waals surface area (Å²) in [6, 6.07) is 18.2. The fourth-order valence-corrected chi connectivity index (χ4v) is 4.16. The number of furan rings is 1. The molecule has 0 aliphatic carbocycles. The molecule has 3 heterocycles. The molecule has 1 N–H and O–H groups in total. The number of rotatable bonds is 4. The SMILES string of the molecule is Cc1c(Cl)cccc1N1C(=O)C(O)=C(C(=O)c2cc3ccccc3o2)C1c1ccccn1. The summed E-state index contributed by atoms with van der Waals surface area (Å²) in [7, 11) is 0. The summed E-state index contributed by atoms with van der Waals surface area (Å²) >= 11 is 6.30. The molecule has 32 heavy (non-hydrogen) atoms. The number of aliphatic hydroxyl groups is 1. The second kappa shape index (κ2) is 7.66. The number of benzene rings is 2. The van der Waals surface area contributed by atoms with E-state index in [2.05, 4.69) is 4.98 Å². The second-order valence-electron chi connectivity index (χ2n) is 7.46. The van der Waals surface area contributed by atoms with Crippen molar-refractivity contribution in [2.24, 2.45) is 0 Å². The van der Waals surface area contributed by atoms with Crippen LogP contribution in [-0.2, 0) is 4.79 Å². The number of hydrogen-bond acceptors (Lipinski definition) is 5. The van der Waals surface area contributed by atoms with E-state index in [9.17, 15) is 14.7 Å². The molecule has 0 bridgehead atoms. The first-order valence-corrected chi connectivity index (χ1v) is 10.3. The zero-order chi connectivity index (χ0) is 22.4. The summed E-state index contributed by atoms with van der Waals surface area (Å²) in [4.78, 5) is 32.5. The smallest absolute Gasteiger partial charge is 0.294 e. The minimum absolute atomic E-state index is 0.0335. The third-order valence-corrected chi connectivity index (χ3v) is 5.98. The van der Waals surface area contributed by atoms with Gasteiger partial charge in [-0.3, -0.25) is 19.5 Å². The largest absolute Gasteiger partial charge is 0.503 e. The van der Waals surface area contributed by atoms with Crippen molar-refractivity contribution in [3.05, 3.63) is 106 Å². The summed E-state index contributed by atoms with van der Waals surface area (Å²) < 4.78 is 5.73. The first kappa shape index (κ1) is 20.0. The van der Waals surface area contributed by atoms with Gasteiger partial charge in [0.15, 0.2) is 11.5 Å². The van der Waals surface area contributed by atoms with Gasteiger partial charge < -0.3 is 9.52 Å². The van der Waals surface area contributed by atoms with Crippen LogP contribution >= 0.6 is 11.6 Å². The van der Waals surface area contributed by atoms with Gasteiger partial charge in [-0.15, -0.1) is 0 Å². The van der Waals surface area contributed by atoms with Crippen molar-refractivity contribution >= 4 is 39.9 Å². The highest BCUT2D eigenvalue weighted by Gasteiger charge is 2.46. The van der Waals surface area contributed by atoms with Gasteiger partial charge in [-0.1, -0.05) is 41.9 Å². The van der Waals surface area contributed by atoms with Crippen LogP contribution in [0, 0.1) is 6.92 Å². The number of ketones is 1. The zero-order valence-corrected chi connectivity index (χ0v) is 17.7. The number of fused-ring (bicyclic) bond motifs is 1. The Bertz CT molecular complexity index is 1380. The van der Waals surface area contributed by atoms with E-state index in [0.29, 0.717) is 27.6 Å². The van der Waals surface area contributed by atoms with Gasteiger partial charge in [0.1, 0.15) is 11.6 Å². The third-order valence-electron chi connectivity index (χ3n) is 5.57. The molecule has 4 aromatic rings. The van der Waals surface area contributed by atoms with Gasteiger partial charge in [-0.2, -0.15) is 0 Å². The van der Waals surface area contributed by atoms with E-state index < -0.39 is 23.5 Å². The van der Waals surface area contributed by atoms with E-state index in [0.717, 1.165) is 5.39 Å². The van der Waals surface area contributed by atoms with Crippen molar-refractivity contribution in [2.75, 3.05) is 4.90 Å². The number of amides is 1. The average Bonchev–Trinajstić information content (AvgIpc) is 3.35. The number of aromatic nitrogens is 1. The molecule has 0 radical (unpaired) electrons. The lowest BCUT2D eigenvalue weighted by Gasteiger charge is -2.27. The maximum Gasteiger partial charge on any atom is 0.294 e. The minimum Gasteiger partial charge on any atom is -0.503 e. The average molecular weight is 445 g/mol. The molecular formula is C25H17ClN2O4. The lowest BCUT2D eigenvalue weighted by atomic mass is 9.97. The van der Waals surface area contributed by atoms with Crippen molar-refractivity contribution < 1.29 is 19.1 Å². The number of pyridine rings is 1. The van der Waals surface area contributed by atoms with Crippen LogP contribution in [0.2, 0.25) is 5.02 Å². The first-order chi connectivity index (χ1) is 15.5. The molecule has 0 spiro atoms. The molecule has 158 valence electrons. The number of carbonyl (C=O) groups is 2. The lowest BCUT2D eigenvalue weighted by Crippen LogP contribution is -2.32. The molecule has 2 aromatic heterocycles. The van der Waals surface area contributed by atoms with Gasteiger partial charge in [0.25, 0.3) is 5.91 Å². The first-order valence-electron chi connectivity index (χ1n) is 9.93. The lowest BCUT2D eigenvalue weighted by molar-refractivity contribution is -0.117. The quantitative estimate of drug-likeness (QED) is 0.416. The normalized spacial score (nSPS) is 16.2. The Labute approximate surface area is 188 Å². The highest BCUT2D eigenvalue weighted by atomic mass is 35.5. The van der Waals surface area contributed by atoms with Gasteiger partial charge in [-0.25, -0.2) is 0 Å². The van der Waals surface area contributed by atoms with E-state index in [-0.39, 0.29) is 11.3 Å². The maximum atomic E-state index is 13.5. The Morgan fingerprint density at radius 3 is 2.62 bits per heavy atom. The molecule has 0 saturated heterocycles. The van der Waals surface area contributed by atoms with Gasteiger partial charge in [-0.05, 0) is 48.9 Å². The van der Waals surface area contributed by atoms with Crippen LogP contribution in [0.4, 0.5) is 5.69 Å². The number of para-hydroxylation sites is 1. The van der Waals surface area contributed by atoms with Crippen molar-refractivity contribution in [3.8, 4) is 0 Å². The summed E-state index contributed by atoms with van der Waals surface area (Å²) in [5, 5.41) is 12.1. The molecule has 1 unspecified atom stereocenters. The summed E-state index contributed by atoms with van der Waals surface area (Å²) in [5.74, 6) is -1.88. The molecule has 1 aliphatic rings. The Morgan fingerprint density at radius 2 is 1.88 bits per heavy atom. The van der Waals surface area contributed by atoms with Gasteiger partial charge >= 0.3 is 0 Å². The highest BCUT2D eigenvalue weighted by molar-refractivity contribution is 6.32. The number of carbonyl (C=O) groups excluding carboxylic acids is 2. The number of aliphatic hydroxyl groups excluding tert-OH is 1. The van der Waals surface area contributed by atoms with Crippen molar-refractivity contribution in [2.45, 2.75) is 13.0 Å². The van der Waals surface area contributed by atoms with Crippen LogP contribution in [0.25, 0.3) is 11.0 Å². The molecule has 5 rings (SSSR count). The highest BCUT2D eigenvalue weighted by Crippen LogP contribution is 2.43. The van der Waals surface area contributed by atoms with Gasteiger partial charge in [0.05, 0.1) is 11.3 Å². The van der Waals surface area contributed by atoms with Crippen molar-refractivity contribution in [1.29, 1.82) is 0 Å². The van der Waals surface area contributed by atoms with E-state index in [1.54, 1.807) is 67.7 Å². The monoisotopic (exact) mass is 444 g/mol. The van der Waals surface area contributed by atoms with Crippen LogP contribution in [-0.4, -0.2) is 21.8 Å². The van der Waals surface area contributed by atoms with Crippen LogP contribution in [0.3, 0.4) is 0 Å². The number of hydrogen-bond donors (Lipinski definition) is 1. The topological polar surface area (TPSA) is 83.6 Å². The third kappa shape index (κ3) is 3.08. The van der Waals surface area contributed by atoms with Crippen LogP contribution in [0.1, 0.15) is 27.9 Å².